The van der Waals surface area contributed by atoms with Crippen LogP contribution in [-0.2, 0) is 0 Å². The molecule has 0 atom stereocenters. The lowest BCUT2D eigenvalue weighted by molar-refractivity contribution is 0.408. The fourth-order valence-corrected chi connectivity index (χ4v) is 2.03. The highest BCUT2D eigenvalue weighted by Gasteiger charge is 2.14. The Hall–Kier alpha value is -2.49. The van der Waals surface area contributed by atoms with Crippen molar-refractivity contribution in [2.45, 2.75) is 6.92 Å². The molecule has 2 aromatic carbocycles. The molecular formula is C15H15N2O2. The maximum Gasteiger partial charge on any atom is 0.127 e. The van der Waals surface area contributed by atoms with Crippen molar-refractivity contribution in [1.29, 1.82) is 5.41 Å². The van der Waals surface area contributed by atoms with Crippen molar-refractivity contribution < 1.29 is 9.84 Å². The van der Waals surface area contributed by atoms with Crippen LogP contribution in [0.5, 0.6) is 11.5 Å². The average Bonchev–Trinajstić information content (AvgIpc) is 2.38. The number of benzene rings is 2. The number of hydrogen-bond acceptors (Lipinski definition) is 3. The highest BCUT2D eigenvalue weighted by atomic mass is 16.5. The minimum Gasteiger partial charge on any atom is -0.507 e. The van der Waals surface area contributed by atoms with Gasteiger partial charge in [0.15, 0.2) is 0 Å². The molecule has 2 aromatic rings. The van der Waals surface area contributed by atoms with Gasteiger partial charge in [-0.05, 0) is 36.2 Å². The Balaban J connectivity index is 2.68. The number of hydrogen-bond donors (Lipinski definition) is 3. The van der Waals surface area contributed by atoms with E-state index in [9.17, 15) is 5.11 Å². The molecule has 0 heterocycles. The first kappa shape index (κ1) is 13.0. The molecule has 0 amide bonds. The summed E-state index contributed by atoms with van der Waals surface area (Å²) in [5.74, 6) is 0.620. The lowest BCUT2D eigenvalue weighted by atomic mass is 9.94. The van der Waals surface area contributed by atoms with Crippen molar-refractivity contribution in [3.8, 4) is 22.6 Å². The molecule has 0 saturated carbocycles. The number of aromatic hydroxyl groups is 1. The molecule has 1 radical (unpaired) electrons. The molecule has 0 aliphatic rings. The van der Waals surface area contributed by atoms with E-state index in [0.717, 1.165) is 11.1 Å². The average molecular weight is 255 g/mol. The maximum atomic E-state index is 10.1. The third-order valence-corrected chi connectivity index (χ3v) is 2.96. The van der Waals surface area contributed by atoms with Crippen LogP contribution >= 0.6 is 0 Å². The smallest absolute Gasteiger partial charge is 0.127 e. The minimum atomic E-state index is -0.0395. The molecule has 0 aliphatic carbocycles. The van der Waals surface area contributed by atoms with E-state index in [1.165, 1.54) is 13.2 Å². The van der Waals surface area contributed by atoms with Crippen LogP contribution in [0.1, 0.15) is 11.1 Å². The number of nitrogen functional groups attached to an aromatic ring is 1. The SMILES string of the molecule is COc1ccc(-c2c(C)[c]ccc2C(=N)N)c(O)c1. The van der Waals surface area contributed by atoms with Crippen LogP contribution in [0.15, 0.2) is 30.3 Å². The van der Waals surface area contributed by atoms with Crippen LogP contribution in [0, 0.1) is 18.4 Å². The lowest BCUT2D eigenvalue weighted by Crippen LogP contribution is -2.13. The molecule has 97 valence electrons. The Morgan fingerprint density at radius 3 is 2.68 bits per heavy atom. The predicted molar refractivity (Wildman–Crippen MR) is 74.7 cm³/mol. The van der Waals surface area contributed by atoms with Crippen molar-refractivity contribution in [1.82, 2.24) is 0 Å². The van der Waals surface area contributed by atoms with E-state index in [1.807, 2.05) is 6.92 Å². The van der Waals surface area contributed by atoms with Gasteiger partial charge >= 0.3 is 0 Å². The number of aryl methyl sites for hydroxylation is 1. The van der Waals surface area contributed by atoms with Gasteiger partial charge in [0.25, 0.3) is 0 Å². The number of methoxy groups -OCH3 is 1. The van der Waals surface area contributed by atoms with E-state index >= 15 is 0 Å². The molecule has 4 N–H and O–H groups in total. The molecule has 0 spiro atoms. The minimum absolute atomic E-state index is 0.0395. The summed E-state index contributed by atoms with van der Waals surface area (Å²) in [7, 11) is 1.54. The number of nitrogens with two attached hydrogens (primary N) is 1. The summed E-state index contributed by atoms with van der Waals surface area (Å²) in [6, 6.07) is 11.5. The number of ether oxygens (including phenoxy) is 1. The van der Waals surface area contributed by atoms with Crippen molar-refractivity contribution in [3.05, 3.63) is 47.5 Å². The van der Waals surface area contributed by atoms with Gasteiger partial charge in [-0.15, -0.1) is 0 Å². The van der Waals surface area contributed by atoms with Crippen molar-refractivity contribution in [2.75, 3.05) is 7.11 Å². The fourth-order valence-electron chi connectivity index (χ4n) is 2.03. The number of rotatable bonds is 3. The largest absolute Gasteiger partial charge is 0.507 e. The first-order valence-electron chi connectivity index (χ1n) is 5.77. The first-order valence-corrected chi connectivity index (χ1v) is 5.77. The second-order valence-corrected chi connectivity index (χ2v) is 4.19. The topological polar surface area (TPSA) is 79.3 Å². The highest BCUT2D eigenvalue weighted by molar-refractivity contribution is 6.02. The second-order valence-electron chi connectivity index (χ2n) is 4.19. The van der Waals surface area contributed by atoms with Crippen LogP contribution in [0.4, 0.5) is 0 Å². The third-order valence-electron chi connectivity index (χ3n) is 2.96. The molecular weight excluding hydrogens is 240 g/mol. The summed E-state index contributed by atoms with van der Waals surface area (Å²) >= 11 is 0. The molecule has 0 bridgehead atoms. The molecule has 0 aliphatic heterocycles. The normalized spacial score (nSPS) is 10.2. The highest BCUT2D eigenvalue weighted by Crippen LogP contribution is 2.36. The Kier molecular flexibility index (Phi) is 3.42. The summed E-state index contributed by atoms with van der Waals surface area (Å²) in [5.41, 5.74) is 8.33. The van der Waals surface area contributed by atoms with Crippen molar-refractivity contribution in [3.63, 3.8) is 0 Å². The van der Waals surface area contributed by atoms with Crippen LogP contribution in [-0.4, -0.2) is 18.1 Å². The maximum absolute atomic E-state index is 10.1. The molecule has 0 aromatic heterocycles. The zero-order valence-corrected chi connectivity index (χ0v) is 10.8. The van der Waals surface area contributed by atoms with Gasteiger partial charge in [-0.2, -0.15) is 0 Å². The quantitative estimate of drug-likeness (QED) is 0.582. The Morgan fingerprint density at radius 2 is 2.11 bits per heavy atom. The van der Waals surface area contributed by atoms with Gasteiger partial charge in [0, 0.05) is 17.2 Å². The van der Waals surface area contributed by atoms with Gasteiger partial charge in [0.1, 0.15) is 17.3 Å². The Labute approximate surface area is 112 Å². The van der Waals surface area contributed by atoms with Gasteiger partial charge in [-0.3, -0.25) is 5.41 Å². The molecule has 0 unspecified atom stereocenters. The van der Waals surface area contributed by atoms with Crippen LogP contribution in [0.2, 0.25) is 0 Å². The predicted octanol–water partition coefficient (Wildman–Crippen LogP) is 2.46. The molecule has 4 heteroatoms. The van der Waals surface area contributed by atoms with Gasteiger partial charge in [0.05, 0.1) is 7.11 Å². The summed E-state index contributed by atoms with van der Waals surface area (Å²) in [6.07, 6.45) is 0. The zero-order valence-electron chi connectivity index (χ0n) is 10.8. The summed E-state index contributed by atoms with van der Waals surface area (Å²) in [5, 5.41) is 17.7. The zero-order chi connectivity index (χ0) is 14.0. The molecule has 19 heavy (non-hydrogen) atoms. The third kappa shape index (κ3) is 2.38. The molecule has 0 saturated heterocycles. The van der Waals surface area contributed by atoms with Gasteiger partial charge in [0.2, 0.25) is 0 Å². The summed E-state index contributed by atoms with van der Waals surface area (Å²) in [6.45, 7) is 1.87. The number of phenols is 1. The molecule has 0 fully saturated rings. The van der Waals surface area contributed by atoms with Crippen LogP contribution < -0.4 is 10.5 Å². The lowest BCUT2D eigenvalue weighted by Gasteiger charge is -2.13. The van der Waals surface area contributed by atoms with E-state index in [4.69, 9.17) is 15.9 Å². The molecule has 4 nitrogen and oxygen atoms in total. The standard InChI is InChI=1S/C15H15N2O2/c1-9-4-3-5-12(15(16)17)14(9)11-7-6-10(19-2)8-13(11)18/h3,5-8,18H,1-2H3,(H3,16,17). The monoisotopic (exact) mass is 255 g/mol. The number of phenolic OH excluding ortho intramolecular Hbond substituents is 1. The van der Waals surface area contributed by atoms with E-state index < -0.39 is 0 Å². The van der Waals surface area contributed by atoms with Gasteiger partial charge in [-0.25, -0.2) is 0 Å². The van der Waals surface area contributed by atoms with E-state index in [-0.39, 0.29) is 11.6 Å². The fraction of sp³-hybridized carbons (Fsp3) is 0.133. The van der Waals surface area contributed by atoms with Crippen molar-refractivity contribution in [2.24, 2.45) is 5.73 Å². The second kappa shape index (κ2) is 5.02. The van der Waals surface area contributed by atoms with Crippen LogP contribution in [0.3, 0.4) is 0 Å². The summed E-state index contributed by atoms with van der Waals surface area (Å²) < 4.78 is 5.06. The van der Waals surface area contributed by atoms with E-state index in [1.54, 1.807) is 24.3 Å². The van der Waals surface area contributed by atoms with E-state index in [0.29, 0.717) is 16.9 Å². The number of nitrogens with one attached hydrogen (secondary N) is 1. The summed E-state index contributed by atoms with van der Waals surface area (Å²) in [4.78, 5) is 0. The van der Waals surface area contributed by atoms with Crippen LogP contribution in [0.25, 0.3) is 11.1 Å². The Bertz CT molecular complexity index is 636. The molecule has 2 rings (SSSR count). The van der Waals surface area contributed by atoms with Gasteiger partial charge < -0.3 is 15.6 Å². The van der Waals surface area contributed by atoms with Crippen molar-refractivity contribution >= 4 is 5.84 Å². The van der Waals surface area contributed by atoms with Gasteiger partial charge in [-0.1, -0.05) is 12.1 Å². The number of amidine groups is 1. The first-order chi connectivity index (χ1) is 9.04. The Morgan fingerprint density at radius 1 is 1.37 bits per heavy atom. The van der Waals surface area contributed by atoms with E-state index in [2.05, 4.69) is 6.07 Å².